The van der Waals surface area contributed by atoms with Gasteiger partial charge in [0.25, 0.3) is 6.71 Å². The maximum atomic E-state index is 9.08. The smallest absolute Gasteiger partial charge is 0.252 e. The zero-order valence-electron chi connectivity index (χ0n) is 64.3. The molecule has 0 unspecified atom stereocenters. The summed E-state index contributed by atoms with van der Waals surface area (Å²) in [7, 11) is 0. The molecule has 0 bridgehead atoms. The van der Waals surface area contributed by atoms with E-state index in [1.54, 1.807) is 0 Å². The molecule has 0 amide bonds. The summed E-state index contributed by atoms with van der Waals surface area (Å²) >= 11 is 0. The number of benzene rings is 13. The van der Waals surface area contributed by atoms with Gasteiger partial charge in [0, 0.05) is 103 Å². The van der Waals surface area contributed by atoms with Crippen LogP contribution in [0, 0.1) is 0 Å². The first-order valence-electron chi connectivity index (χ1n) is 38.4. The van der Waals surface area contributed by atoms with E-state index < -0.39 is 48.4 Å². The normalized spacial score (nSPS) is 13.9. The molecule has 0 spiro atoms. The molecular weight excluding hydrogens is 1200 g/mol. The van der Waals surface area contributed by atoms with Crippen molar-refractivity contribution in [2.75, 3.05) is 9.80 Å². The molecule has 6 heterocycles. The molecule has 0 aliphatic carbocycles. The quantitative estimate of drug-likeness (QED) is 0.128. The van der Waals surface area contributed by atoms with E-state index in [0.717, 1.165) is 156 Å². The van der Waals surface area contributed by atoms with Crippen LogP contribution in [-0.4, -0.2) is 25.8 Å². The number of hydrogen-bond acceptors (Lipinski definition) is 4. The Morgan fingerprint density at radius 3 is 1.04 bits per heavy atom. The van der Waals surface area contributed by atoms with Gasteiger partial charge in [-0.3, -0.25) is 9.97 Å². The fourth-order valence-corrected chi connectivity index (χ4v) is 15.5. The summed E-state index contributed by atoms with van der Waals surface area (Å²) in [5.74, 6) is 0. The second-order valence-electron chi connectivity index (χ2n) is 26.6. The van der Waals surface area contributed by atoms with Gasteiger partial charge < -0.3 is 18.9 Å². The van der Waals surface area contributed by atoms with Gasteiger partial charge in [-0.25, -0.2) is 0 Å². The number of hydrogen-bond donors (Lipinski definition) is 0. The maximum Gasteiger partial charge on any atom is 0.252 e. The van der Waals surface area contributed by atoms with Crippen LogP contribution in [0.5, 0.6) is 0 Å². The number of rotatable bonds is 10. The third-order valence-electron chi connectivity index (χ3n) is 20.0. The SMILES string of the molecule is [2H]c1c([2H])c([2H])c(-c2ccc3c(c2)c2ccccc2n3-c2ccc3c(c2)N(c2c(-c4ccccc4)cncc2-c2ccccc2)c2cc(C(C)(C)C)cc4c2B3c2ccc(-n3c5ccccc5c5cc(-c6c([2H])c([2H])c([2H])c([2H])c6[2H])ccc53)cc2N4c2c(-c3ccccc3)cncc2-c2ccccc2)c([2H])c1[2H]. The van der Waals surface area contributed by atoms with Crippen molar-refractivity contribution in [3.63, 3.8) is 0 Å². The van der Waals surface area contributed by atoms with Crippen molar-refractivity contribution in [2.24, 2.45) is 0 Å². The van der Waals surface area contributed by atoms with Crippen molar-refractivity contribution in [3.05, 3.63) is 346 Å². The van der Waals surface area contributed by atoms with Crippen molar-refractivity contribution < 1.29 is 13.7 Å². The number of fused-ring (bicyclic) bond motifs is 10. The molecule has 2 aliphatic rings. The van der Waals surface area contributed by atoms with E-state index in [-0.39, 0.29) is 35.3 Å². The van der Waals surface area contributed by atoms with Gasteiger partial charge in [0.05, 0.1) is 47.1 Å². The van der Waals surface area contributed by atoms with Crippen LogP contribution in [0.4, 0.5) is 34.1 Å². The highest BCUT2D eigenvalue weighted by molar-refractivity contribution is 7.00. The van der Waals surface area contributed by atoms with Gasteiger partial charge >= 0.3 is 0 Å². The first-order chi connectivity index (χ1) is 52.9. The average molecular weight is 1280 g/mol. The molecular formula is C92H65BN6. The lowest BCUT2D eigenvalue weighted by Crippen LogP contribution is -2.61. The van der Waals surface area contributed by atoms with Crippen molar-refractivity contribution in [1.29, 1.82) is 0 Å². The van der Waals surface area contributed by atoms with Crippen LogP contribution in [0.25, 0.3) is 122 Å². The van der Waals surface area contributed by atoms with E-state index in [1.165, 1.54) is 0 Å². The van der Waals surface area contributed by atoms with E-state index in [1.807, 2.05) is 110 Å². The van der Waals surface area contributed by atoms with E-state index in [2.05, 4.69) is 210 Å². The molecule has 6 nitrogen and oxygen atoms in total. The molecule has 7 heteroatoms. The lowest BCUT2D eigenvalue weighted by molar-refractivity contribution is 0.590. The van der Waals surface area contributed by atoms with Gasteiger partial charge in [0.1, 0.15) is 0 Å². The third-order valence-corrected chi connectivity index (χ3v) is 20.0. The first kappa shape index (κ1) is 48.2. The molecule has 17 aromatic rings. The number of para-hydroxylation sites is 2. The zero-order valence-corrected chi connectivity index (χ0v) is 54.3. The number of pyridine rings is 2. The predicted molar refractivity (Wildman–Crippen MR) is 416 cm³/mol. The zero-order chi connectivity index (χ0) is 74.6. The Labute approximate surface area is 590 Å². The molecule has 0 fully saturated rings. The van der Waals surface area contributed by atoms with Crippen molar-refractivity contribution in [2.45, 2.75) is 26.2 Å². The Balaban J connectivity index is 0.941. The molecule has 13 aromatic carbocycles. The minimum Gasteiger partial charge on any atom is -0.310 e. The van der Waals surface area contributed by atoms with E-state index in [0.29, 0.717) is 11.1 Å². The summed E-state index contributed by atoms with van der Waals surface area (Å²) in [5.41, 5.74) is 23.6. The summed E-state index contributed by atoms with van der Waals surface area (Å²) in [6.45, 7) is 6.41. The molecule has 99 heavy (non-hydrogen) atoms. The van der Waals surface area contributed by atoms with Crippen LogP contribution in [0.2, 0.25) is 0 Å². The lowest BCUT2D eigenvalue weighted by Gasteiger charge is -2.46. The minimum absolute atomic E-state index is 0.136. The Morgan fingerprint density at radius 1 is 0.313 bits per heavy atom. The number of anilines is 6. The first-order valence-corrected chi connectivity index (χ1v) is 33.4. The minimum atomic E-state index is -0.456. The van der Waals surface area contributed by atoms with Crippen LogP contribution >= 0.6 is 0 Å². The molecule has 0 saturated heterocycles. The fourth-order valence-electron chi connectivity index (χ4n) is 15.5. The van der Waals surface area contributed by atoms with Gasteiger partial charge in [-0.1, -0.05) is 263 Å². The second-order valence-corrected chi connectivity index (χ2v) is 26.6. The highest BCUT2D eigenvalue weighted by Gasteiger charge is 2.46. The highest BCUT2D eigenvalue weighted by Crippen LogP contribution is 2.54. The second kappa shape index (κ2) is 23.1. The molecule has 0 atom stereocenters. The van der Waals surface area contributed by atoms with Crippen LogP contribution in [0.15, 0.2) is 340 Å². The molecule has 0 saturated carbocycles. The van der Waals surface area contributed by atoms with E-state index in [4.69, 9.17) is 23.7 Å². The molecule has 19 rings (SSSR count). The van der Waals surface area contributed by atoms with Gasteiger partial charge in [-0.15, -0.1) is 0 Å². The van der Waals surface area contributed by atoms with Gasteiger partial charge in [0.2, 0.25) is 0 Å². The monoisotopic (exact) mass is 1270 g/mol. The van der Waals surface area contributed by atoms with Crippen LogP contribution < -0.4 is 26.2 Å². The van der Waals surface area contributed by atoms with Crippen molar-refractivity contribution in [3.8, 4) is 78.1 Å². The maximum absolute atomic E-state index is 9.08. The highest BCUT2D eigenvalue weighted by atomic mass is 15.2. The number of aromatic nitrogens is 4. The molecule has 0 radical (unpaired) electrons. The fraction of sp³-hybridized carbons (Fsp3) is 0.0435. The third kappa shape index (κ3) is 9.41. The standard InChI is InChI=1S/C92H65BN6/c1-92(2,3)68-52-87-89-88(53-68)99(91-77(64-34-18-8-19-35-64)58-95-59-78(91)65-36-20-9-21-37-65)86-55-70(97-82-41-25-23-39-72(82)74-51-67(43-49-84(74)97)61-28-12-5-13-29-61)45-47-80(86)93(89)79-46-44-69(96-81-40-24-22-38-71(81)73-50-66(42-48-83(73)96)60-26-10-4-11-27-60)54-85(79)98(87)90-75(62-30-14-6-15-31-62)56-94-57-76(90)63-32-16-7-17-33-63/h4-59H,1-3H3/i4D,5D,10D,11D,12D,13D,26D,27D,28D,29D. The van der Waals surface area contributed by atoms with Gasteiger partial charge in [-0.05, 0) is 145 Å². The summed E-state index contributed by atoms with van der Waals surface area (Å²) in [5, 5.41) is 3.55. The Bertz CT molecular complexity index is 6120. The largest absolute Gasteiger partial charge is 0.310 e. The van der Waals surface area contributed by atoms with Crippen molar-refractivity contribution >= 4 is 101 Å². The Morgan fingerprint density at radius 2 is 0.667 bits per heavy atom. The molecule has 4 aromatic heterocycles. The Hall–Kier alpha value is -12.6. The van der Waals surface area contributed by atoms with Gasteiger partial charge in [0.15, 0.2) is 0 Å². The topological polar surface area (TPSA) is 42.1 Å². The summed E-state index contributed by atoms with van der Waals surface area (Å²) in [6, 6.07) is 85.3. The summed E-state index contributed by atoms with van der Waals surface area (Å²) < 4.78 is 92.5. The molecule has 466 valence electrons. The van der Waals surface area contributed by atoms with E-state index >= 15 is 0 Å². The summed E-state index contributed by atoms with van der Waals surface area (Å²) in [4.78, 5) is 15.3. The molecule has 0 N–H and O–H groups in total. The predicted octanol–water partition coefficient (Wildman–Crippen LogP) is 22.1. The van der Waals surface area contributed by atoms with E-state index in [9.17, 15) is 0 Å². The van der Waals surface area contributed by atoms with Crippen LogP contribution in [0.1, 0.15) is 40.0 Å². The van der Waals surface area contributed by atoms with Crippen LogP contribution in [-0.2, 0) is 5.41 Å². The average Bonchev–Trinajstić information content (AvgIpc) is 1.16. The number of nitrogens with zero attached hydrogens (tertiary/aromatic N) is 6. The Kier molecular flexibility index (Phi) is 11.2. The van der Waals surface area contributed by atoms with Gasteiger partial charge in [-0.2, -0.15) is 0 Å². The molecule has 2 aliphatic heterocycles. The van der Waals surface area contributed by atoms with Crippen molar-refractivity contribution in [1.82, 2.24) is 19.1 Å². The van der Waals surface area contributed by atoms with Crippen LogP contribution in [0.3, 0.4) is 0 Å². The summed E-state index contributed by atoms with van der Waals surface area (Å²) in [6.07, 6.45) is 7.99. The lowest BCUT2D eigenvalue weighted by atomic mass is 9.33.